The van der Waals surface area contributed by atoms with Crippen LogP contribution in [0.5, 0.6) is 0 Å². The van der Waals surface area contributed by atoms with Crippen LogP contribution in [0, 0.1) is 5.92 Å². The smallest absolute Gasteiger partial charge is 0.246 e. The third kappa shape index (κ3) is 2.37. The van der Waals surface area contributed by atoms with E-state index in [0.717, 1.165) is 51.0 Å². The SMILES string of the molecule is CCC1CCC(N)(c2nc(C3(C)CCCO3)no2)CC1. The topological polar surface area (TPSA) is 74.2 Å². The van der Waals surface area contributed by atoms with Gasteiger partial charge in [-0.1, -0.05) is 18.5 Å². The molecule has 0 bridgehead atoms. The molecule has 2 fully saturated rings. The Morgan fingerprint density at radius 1 is 1.30 bits per heavy atom. The van der Waals surface area contributed by atoms with Crippen molar-refractivity contribution >= 4 is 0 Å². The summed E-state index contributed by atoms with van der Waals surface area (Å²) in [5, 5.41) is 4.14. The number of hydrogen-bond acceptors (Lipinski definition) is 5. The fourth-order valence-corrected chi connectivity index (χ4v) is 3.41. The Kier molecular flexibility index (Phi) is 3.58. The molecule has 5 heteroatoms. The van der Waals surface area contributed by atoms with Crippen molar-refractivity contribution in [1.82, 2.24) is 10.1 Å². The molecule has 1 aromatic rings. The molecule has 20 heavy (non-hydrogen) atoms. The molecule has 3 rings (SSSR count). The van der Waals surface area contributed by atoms with Crippen LogP contribution in [0.2, 0.25) is 0 Å². The average molecular weight is 279 g/mol. The summed E-state index contributed by atoms with van der Waals surface area (Å²) >= 11 is 0. The van der Waals surface area contributed by atoms with Crippen molar-refractivity contribution < 1.29 is 9.26 Å². The van der Waals surface area contributed by atoms with Crippen LogP contribution in [-0.4, -0.2) is 16.7 Å². The van der Waals surface area contributed by atoms with Crippen LogP contribution in [0.3, 0.4) is 0 Å². The molecule has 1 aliphatic carbocycles. The van der Waals surface area contributed by atoms with Crippen LogP contribution in [0.15, 0.2) is 4.52 Å². The van der Waals surface area contributed by atoms with Crippen LogP contribution >= 0.6 is 0 Å². The molecular weight excluding hydrogens is 254 g/mol. The van der Waals surface area contributed by atoms with Gasteiger partial charge in [-0.25, -0.2) is 0 Å². The Hall–Kier alpha value is -0.940. The fourth-order valence-electron chi connectivity index (χ4n) is 3.41. The molecule has 1 aromatic heterocycles. The number of rotatable bonds is 3. The van der Waals surface area contributed by atoms with E-state index in [-0.39, 0.29) is 0 Å². The van der Waals surface area contributed by atoms with Crippen LogP contribution in [0.4, 0.5) is 0 Å². The number of ether oxygens (including phenoxy) is 1. The highest BCUT2D eigenvalue weighted by atomic mass is 16.5. The van der Waals surface area contributed by atoms with Crippen molar-refractivity contribution in [2.75, 3.05) is 6.61 Å². The summed E-state index contributed by atoms with van der Waals surface area (Å²) in [7, 11) is 0. The van der Waals surface area contributed by atoms with Gasteiger partial charge in [-0.2, -0.15) is 4.98 Å². The molecule has 0 radical (unpaired) electrons. The molecule has 1 saturated carbocycles. The second-order valence-electron chi connectivity index (χ2n) is 6.61. The third-order valence-electron chi connectivity index (χ3n) is 5.12. The molecule has 112 valence electrons. The Balaban J connectivity index is 1.76. The summed E-state index contributed by atoms with van der Waals surface area (Å²) < 4.78 is 11.3. The second kappa shape index (κ2) is 5.11. The van der Waals surface area contributed by atoms with E-state index in [4.69, 9.17) is 15.0 Å². The van der Waals surface area contributed by atoms with Gasteiger partial charge in [-0.05, 0) is 51.4 Å². The standard InChI is InChI=1S/C15H25N3O2/c1-3-11-5-8-15(16,9-6-11)13-17-12(18-20-13)14(2)7-4-10-19-14/h11H,3-10,16H2,1-2H3. The zero-order chi connectivity index (χ0) is 14.2. The lowest BCUT2D eigenvalue weighted by Crippen LogP contribution is -2.41. The van der Waals surface area contributed by atoms with Crippen molar-refractivity contribution in [3.63, 3.8) is 0 Å². The van der Waals surface area contributed by atoms with Gasteiger partial charge in [0.1, 0.15) is 5.60 Å². The monoisotopic (exact) mass is 279 g/mol. The fraction of sp³-hybridized carbons (Fsp3) is 0.867. The maximum atomic E-state index is 6.52. The van der Waals surface area contributed by atoms with E-state index in [1.54, 1.807) is 0 Å². The number of aromatic nitrogens is 2. The van der Waals surface area contributed by atoms with E-state index in [1.165, 1.54) is 6.42 Å². The highest BCUT2D eigenvalue weighted by Gasteiger charge is 2.41. The summed E-state index contributed by atoms with van der Waals surface area (Å²) in [4.78, 5) is 4.58. The van der Waals surface area contributed by atoms with E-state index in [0.29, 0.717) is 11.7 Å². The maximum Gasteiger partial charge on any atom is 0.246 e. The Bertz CT molecular complexity index is 457. The summed E-state index contributed by atoms with van der Waals surface area (Å²) in [6.07, 6.45) is 7.40. The highest BCUT2D eigenvalue weighted by molar-refractivity contribution is 5.08. The Morgan fingerprint density at radius 3 is 2.65 bits per heavy atom. The van der Waals surface area contributed by atoms with Crippen molar-refractivity contribution in [3.05, 3.63) is 11.7 Å². The Morgan fingerprint density at radius 2 is 2.05 bits per heavy atom. The number of nitrogens with zero attached hydrogens (tertiary/aromatic N) is 2. The van der Waals surface area contributed by atoms with Crippen molar-refractivity contribution in [2.24, 2.45) is 11.7 Å². The molecule has 0 aromatic carbocycles. The largest absolute Gasteiger partial charge is 0.367 e. The lowest BCUT2D eigenvalue weighted by molar-refractivity contribution is 0.00768. The van der Waals surface area contributed by atoms with Gasteiger partial charge < -0.3 is 15.0 Å². The van der Waals surface area contributed by atoms with Crippen LogP contribution in [-0.2, 0) is 15.9 Å². The first-order valence-corrected chi connectivity index (χ1v) is 7.83. The van der Waals surface area contributed by atoms with Gasteiger partial charge in [-0.15, -0.1) is 0 Å². The minimum atomic E-state index is -0.439. The molecule has 1 unspecified atom stereocenters. The molecule has 1 aliphatic heterocycles. The van der Waals surface area contributed by atoms with Crippen LogP contribution in [0.25, 0.3) is 0 Å². The third-order valence-corrected chi connectivity index (χ3v) is 5.12. The van der Waals surface area contributed by atoms with Gasteiger partial charge in [-0.3, -0.25) is 0 Å². The zero-order valence-corrected chi connectivity index (χ0v) is 12.5. The first-order chi connectivity index (χ1) is 9.56. The van der Waals surface area contributed by atoms with Gasteiger partial charge in [0.05, 0.1) is 5.54 Å². The number of nitrogens with two attached hydrogens (primary N) is 1. The summed E-state index contributed by atoms with van der Waals surface area (Å²) in [6, 6.07) is 0. The van der Waals surface area contributed by atoms with Crippen molar-refractivity contribution in [2.45, 2.75) is 69.9 Å². The molecule has 2 aliphatic rings. The van der Waals surface area contributed by atoms with Gasteiger partial charge in [0, 0.05) is 6.61 Å². The van der Waals surface area contributed by atoms with Crippen molar-refractivity contribution in [3.8, 4) is 0 Å². The summed E-state index contributed by atoms with van der Waals surface area (Å²) in [5.74, 6) is 2.05. The normalized spacial score (nSPS) is 38.2. The molecule has 2 heterocycles. The van der Waals surface area contributed by atoms with Crippen LogP contribution in [0.1, 0.15) is 70.5 Å². The molecule has 0 amide bonds. The summed E-state index contributed by atoms with van der Waals surface area (Å²) in [6.45, 7) is 5.05. The lowest BCUT2D eigenvalue weighted by atomic mass is 9.76. The lowest BCUT2D eigenvalue weighted by Gasteiger charge is -2.33. The minimum Gasteiger partial charge on any atom is -0.367 e. The first kappa shape index (κ1) is 14.0. The van der Waals surface area contributed by atoms with Gasteiger partial charge in [0.15, 0.2) is 0 Å². The Labute approximate surface area is 120 Å². The zero-order valence-electron chi connectivity index (χ0n) is 12.5. The molecule has 5 nitrogen and oxygen atoms in total. The first-order valence-electron chi connectivity index (χ1n) is 7.83. The molecule has 0 spiro atoms. The number of hydrogen-bond donors (Lipinski definition) is 1. The molecule has 1 saturated heterocycles. The van der Waals surface area contributed by atoms with E-state index in [9.17, 15) is 0 Å². The van der Waals surface area contributed by atoms with Gasteiger partial charge in [0.25, 0.3) is 0 Å². The van der Waals surface area contributed by atoms with E-state index in [2.05, 4.69) is 17.1 Å². The van der Waals surface area contributed by atoms with E-state index in [1.807, 2.05) is 6.92 Å². The minimum absolute atomic E-state index is 0.390. The highest BCUT2D eigenvalue weighted by Crippen LogP contribution is 2.39. The van der Waals surface area contributed by atoms with E-state index >= 15 is 0 Å². The van der Waals surface area contributed by atoms with E-state index < -0.39 is 11.1 Å². The maximum absolute atomic E-state index is 6.52. The average Bonchev–Trinajstić information content (AvgIpc) is 3.09. The molecular formula is C15H25N3O2. The summed E-state index contributed by atoms with van der Waals surface area (Å²) in [5.41, 5.74) is 5.69. The molecule has 2 N–H and O–H groups in total. The second-order valence-corrected chi connectivity index (χ2v) is 6.61. The quantitative estimate of drug-likeness (QED) is 0.921. The van der Waals surface area contributed by atoms with Gasteiger partial charge in [0.2, 0.25) is 11.7 Å². The van der Waals surface area contributed by atoms with Crippen LogP contribution < -0.4 is 5.73 Å². The van der Waals surface area contributed by atoms with Gasteiger partial charge >= 0.3 is 0 Å². The predicted molar refractivity (Wildman–Crippen MR) is 75.0 cm³/mol. The predicted octanol–water partition coefficient (Wildman–Crippen LogP) is 2.85. The van der Waals surface area contributed by atoms with Crippen molar-refractivity contribution in [1.29, 1.82) is 0 Å². The molecule has 1 atom stereocenters.